The maximum Gasteiger partial charge on any atom is 0.573 e. The molecule has 0 bridgehead atoms. The summed E-state index contributed by atoms with van der Waals surface area (Å²) in [4.78, 5) is 9.15. The summed E-state index contributed by atoms with van der Waals surface area (Å²) >= 11 is 0. The predicted molar refractivity (Wildman–Crippen MR) is 60.5 cm³/mol. The molecule has 0 saturated carbocycles. The number of hydrogen-bond acceptors (Lipinski definition) is 4. The number of ether oxygens (including phenoxy) is 1. The van der Waals surface area contributed by atoms with Crippen LogP contribution in [0.25, 0.3) is 0 Å². The Morgan fingerprint density at radius 2 is 1.95 bits per heavy atom. The van der Waals surface area contributed by atoms with Gasteiger partial charge in [0.25, 0.3) is 0 Å². The monoisotopic (exact) mass is 331 g/mol. The molecule has 1 aromatic carbocycles. The first-order valence-corrected chi connectivity index (χ1v) is 6.72. The van der Waals surface area contributed by atoms with Crippen molar-refractivity contribution >= 4 is 16.0 Å². The van der Waals surface area contributed by atoms with Crippen molar-refractivity contribution in [3.05, 3.63) is 24.0 Å². The first-order chi connectivity index (χ1) is 9.44. The Morgan fingerprint density at radius 1 is 1.38 bits per heavy atom. The molecule has 0 aliphatic carbocycles. The molecule has 6 nitrogen and oxygen atoms in total. The average molecular weight is 331 g/mol. The van der Waals surface area contributed by atoms with E-state index in [4.69, 9.17) is 5.11 Å². The van der Waals surface area contributed by atoms with Crippen molar-refractivity contribution in [2.75, 3.05) is 0 Å². The normalized spacial score (nSPS) is 13.8. The third-order valence-electron chi connectivity index (χ3n) is 2.13. The Bertz CT molecular complexity index is 643. The highest BCUT2D eigenvalue weighted by atomic mass is 32.2. The molecule has 0 spiro atoms. The molecule has 0 aromatic heterocycles. The van der Waals surface area contributed by atoms with E-state index in [1.807, 2.05) is 0 Å². The second kappa shape index (κ2) is 5.85. The van der Waals surface area contributed by atoms with Crippen LogP contribution in [0.15, 0.2) is 23.1 Å². The number of alkyl halides is 3. The van der Waals surface area contributed by atoms with Gasteiger partial charge in [0.2, 0.25) is 10.0 Å². The fourth-order valence-electron chi connectivity index (χ4n) is 1.30. The minimum absolute atomic E-state index is 0.594. The van der Waals surface area contributed by atoms with Gasteiger partial charge in [0.05, 0.1) is 0 Å². The van der Waals surface area contributed by atoms with E-state index in [-0.39, 0.29) is 0 Å². The molecule has 0 fully saturated rings. The Kier molecular flexibility index (Phi) is 4.79. The highest BCUT2D eigenvalue weighted by Crippen LogP contribution is 2.31. The number of carboxylic acids is 1. The standard InChI is InChI=1S/C10H9F4NO5S/c1-5(9(16)17)15-21(18,19)8-6(11)3-2-4-7(8)20-10(12,13)14/h2-5,15H,1H3,(H,16,17). The van der Waals surface area contributed by atoms with Crippen LogP contribution in [0, 0.1) is 5.82 Å². The van der Waals surface area contributed by atoms with Crippen molar-refractivity contribution in [1.29, 1.82) is 0 Å². The third kappa shape index (κ3) is 4.56. The van der Waals surface area contributed by atoms with Gasteiger partial charge in [0.15, 0.2) is 10.6 Å². The summed E-state index contributed by atoms with van der Waals surface area (Å²) in [6.45, 7) is 0.922. The summed E-state index contributed by atoms with van der Waals surface area (Å²) in [5.74, 6) is -4.40. The summed E-state index contributed by atoms with van der Waals surface area (Å²) in [5.41, 5.74) is 0. The molecule has 2 N–H and O–H groups in total. The van der Waals surface area contributed by atoms with Gasteiger partial charge in [-0.3, -0.25) is 4.79 Å². The number of halogens is 4. The SMILES string of the molecule is CC(NS(=O)(=O)c1c(F)cccc1OC(F)(F)F)C(=O)O. The number of aliphatic carboxylic acids is 1. The molecule has 0 amide bonds. The fraction of sp³-hybridized carbons (Fsp3) is 0.300. The quantitative estimate of drug-likeness (QED) is 0.797. The Labute approximate surface area is 116 Å². The predicted octanol–water partition coefficient (Wildman–Crippen LogP) is 1.48. The molecule has 0 heterocycles. The second-order valence-electron chi connectivity index (χ2n) is 3.80. The molecular formula is C10H9F4NO5S. The third-order valence-corrected chi connectivity index (χ3v) is 3.73. The number of nitrogens with one attached hydrogen (secondary N) is 1. The molecule has 0 radical (unpaired) electrons. The van der Waals surface area contributed by atoms with Crippen LogP contribution in [0.5, 0.6) is 5.75 Å². The van der Waals surface area contributed by atoms with Crippen LogP contribution in [0.1, 0.15) is 6.92 Å². The lowest BCUT2D eigenvalue weighted by atomic mass is 10.3. The zero-order chi connectivity index (χ0) is 16.4. The zero-order valence-corrected chi connectivity index (χ0v) is 11.1. The van der Waals surface area contributed by atoms with Gasteiger partial charge in [-0.05, 0) is 19.1 Å². The van der Waals surface area contributed by atoms with E-state index in [1.54, 1.807) is 0 Å². The van der Waals surface area contributed by atoms with Crippen LogP contribution in [-0.4, -0.2) is 31.9 Å². The van der Waals surface area contributed by atoms with Gasteiger partial charge in [0, 0.05) is 0 Å². The maximum absolute atomic E-state index is 13.6. The molecule has 21 heavy (non-hydrogen) atoms. The van der Waals surface area contributed by atoms with Gasteiger partial charge in [-0.25, -0.2) is 12.8 Å². The van der Waals surface area contributed by atoms with Crippen LogP contribution in [-0.2, 0) is 14.8 Å². The summed E-state index contributed by atoms with van der Waals surface area (Å²) in [6, 6.07) is 0.337. The van der Waals surface area contributed by atoms with Gasteiger partial charge in [0.1, 0.15) is 11.9 Å². The maximum atomic E-state index is 13.6. The van der Waals surface area contributed by atoms with E-state index < -0.39 is 44.9 Å². The molecule has 118 valence electrons. The minimum Gasteiger partial charge on any atom is -0.480 e. The molecule has 0 aliphatic rings. The molecule has 11 heteroatoms. The fourth-order valence-corrected chi connectivity index (χ4v) is 2.68. The van der Waals surface area contributed by atoms with E-state index in [1.165, 1.54) is 4.72 Å². The Hall–Kier alpha value is -1.88. The molecule has 1 unspecified atom stereocenters. The number of benzene rings is 1. The van der Waals surface area contributed by atoms with Gasteiger partial charge < -0.3 is 9.84 Å². The summed E-state index contributed by atoms with van der Waals surface area (Å²) < 4.78 is 78.7. The largest absolute Gasteiger partial charge is 0.573 e. The van der Waals surface area contributed by atoms with E-state index in [0.717, 1.165) is 13.0 Å². The number of hydrogen-bond donors (Lipinski definition) is 2. The Morgan fingerprint density at radius 3 is 2.43 bits per heavy atom. The van der Waals surface area contributed by atoms with E-state index in [9.17, 15) is 30.8 Å². The molecular weight excluding hydrogens is 322 g/mol. The smallest absolute Gasteiger partial charge is 0.480 e. The summed E-state index contributed by atoms with van der Waals surface area (Å²) in [7, 11) is -4.87. The molecule has 1 rings (SSSR count). The zero-order valence-electron chi connectivity index (χ0n) is 10.3. The van der Waals surface area contributed by atoms with Crippen LogP contribution in [0.2, 0.25) is 0 Å². The average Bonchev–Trinajstić information content (AvgIpc) is 2.25. The van der Waals surface area contributed by atoms with Crippen molar-refractivity contribution in [3.8, 4) is 5.75 Å². The van der Waals surface area contributed by atoms with Crippen molar-refractivity contribution in [2.24, 2.45) is 0 Å². The summed E-state index contributed by atoms with van der Waals surface area (Å²) in [6.07, 6.45) is -5.24. The van der Waals surface area contributed by atoms with Crippen LogP contribution < -0.4 is 9.46 Å². The van der Waals surface area contributed by atoms with E-state index in [0.29, 0.717) is 12.1 Å². The van der Waals surface area contributed by atoms with E-state index >= 15 is 0 Å². The highest BCUT2D eigenvalue weighted by molar-refractivity contribution is 7.89. The van der Waals surface area contributed by atoms with Crippen molar-refractivity contribution < 1.29 is 40.6 Å². The van der Waals surface area contributed by atoms with Crippen LogP contribution in [0.3, 0.4) is 0 Å². The molecule has 0 aliphatic heterocycles. The second-order valence-corrected chi connectivity index (χ2v) is 5.45. The molecule has 1 aromatic rings. The van der Waals surface area contributed by atoms with Crippen molar-refractivity contribution in [3.63, 3.8) is 0 Å². The van der Waals surface area contributed by atoms with Crippen molar-refractivity contribution in [2.45, 2.75) is 24.2 Å². The lowest BCUT2D eigenvalue weighted by molar-refractivity contribution is -0.275. The van der Waals surface area contributed by atoms with E-state index in [2.05, 4.69) is 4.74 Å². The van der Waals surface area contributed by atoms with Crippen LogP contribution >= 0.6 is 0 Å². The van der Waals surface area contributed by atoms with Gasteiger partial charge >= 0.3 is 12.3 Å². The summed E-state index contributed by atoms with van der Waals surface area (Å²) in [5, 5.41) is 8.59. The number of carboxylic acid groups (broad SMARTS) is 1. The molecule has 0 saturated heterocycles. The van der Waals surface area contributed by atoms with Gasteiger partial charge in [-0.2, -0.15) is 4.72 Å². The molecule has 1 atom stereocenters. The Balaban J connectivity index is 3.31. The van der Waals surface area contributed by atoms with Gasteiger partial charge in [-0.1, -0.05) is 6.07 Å². The number of rotatable bonds is 5. The first-order valence-electron chi connectivity index (χ1n) is 5.23. The minimum atomic E-state index is -5.24. The van der Waals surface area contributed by atoms with Crippen LogP contribution in [0.4, 0.5) is 17.6 Å². The number of sulfonamides is 1. The highest BCUT2D eigenvalue weighted by Gasteiger charge is 2.36. The first kappa shape index (κ1) is 17.2. The lowest BCUT2D eigenvalue weighted by Gasteiger charge is -2.15. The topological polar surface area (TPSA) is 92.7 Å². The lowest BCUT2D eigenvalue weighted by Crippen LogP contribution is -2.39. The number of carbonyl (C=O) groups is 1. The van der Waals surface area contributed by atoms with Gasteiger partial charge in [-0.15, -0.1) is 13.2 Å². The van der Waals surface area contributed by atoms with Crippen molar-refractivity contribution in [1.82, 2.24) is 4.72 Å².